The van der Waals surface area contributed by atoms with Crippen LogP contribution in [0.5, 0.6) is 0 Å². The Bertz CT molecular complexity index is 472. The average molecular weight is 386 g/mol. The first-order valence-electron chi connectivity index (χ1n) is 7.37. The van der Waals surface area contributed by atoms with Gasteiger partial charge in [-0.05, 0) is 85.0 Å². The highest BCUT2D eigenvalue weighted by molar-refractivity contribution is 14.1. The van der Waals surface area contributed by atoms with E-state index in [0.717, 1.165) is 36.7 Å². The van der Waals surface area contributed by atoms with E-state index in [0.29, 0.717) is 6.54 Å². The van der Waals surface area contributed by atoms with Crippen molar-refractivity contribution in [2.75, 3.05) is 25.0 Å². The quantitative estimate of drug-likeness (QED) is 0.726. The van der Waals surface area contributed by atoms with Gasteiger partial charge in [0.05, 0.1) is 6.54 Å². The lowest BCUT2D eigenvalue weighted by Crippen LogP contribution is -2.35. The Morgan fingerprint density at radius 1 is 1.45 bits per heavy atom. The number of hydrogen-bond donors (Lipinski definition) is 1. The molecule has 20 heavy (non-hydrogen) atoms. The fourth-order valence-corrected chi connectivity index (χ4v) is 3.02. The third-order valence-corrected chi connectivity index (χ3v) is 4.25. The molecule has 1 N–H and O–H groups in total. The van der Waals surface area contributed by atoms with Crippen molar-refractivity contribution in [1.29, 1.82) is 0 Å². The zero-order chi connectivity index (χ0) is 14.5. The Morgan fingerprint density at radius 3 is 2.80 bits per heavy atom. The summed E-state index contributed by atoms with van der Waals surface area (Å²) in [6.45, 7) is 6.80. The molecule has 0 aromatic heterocycles. The van der Waals surface area contributed by atoms with Crippen molar-refractivity contribution in [1.82, 2.24) is 4.90 Å². The Kier molecular flexibility index (Phi) is 5.84. The van der Waals surface area contributed by atoms with E-state index >= 15 is 0 Å². The minimum Gasteiger partial charge on any atom is -0.325 e. The number of hydrogen-bond acceptors (Lipinski definition) is 2. The molecule has 1 aromatic rings. The third-order valence-electron chi connectivity index (χ3n) is 3.58. The summed E-state index contributed by atoms with van der Waals surface area (Å²) in [4.78, 5) is 14.5. The first kappa shape index (κ1) is 15.8. The largest absolute Gasteiger partial charge is 0.325 e. The molecule has 2 rings (SSSR count). The van der Waals surface area contributed by atoms with Crippen molar-refractivity contribution < 1.29 is 4.79 Å². The molecule has 0 aliphatic heterocycles. The van der Waals surface area contributed by atoms with E-state index in [9.17, 15) is 4.79 Å². The van der Waals surface area contributed by atoms with Crippen molar-refractivity contribution in [3.05, 3.63) is 27.3 Å². The van der Waals surface area contributed by atoms with E-state index in [1.807, 2.05) is 19.1 Å². The Balaban J connectivity index is 1.89. The normalized spacial score (nSPS) is 14.6. The van der Waals surface area contributed by atoms with Crippen LogP contribution < -0.4 is 5.32 Å². The maximum Gasteiger partial charge on any atom is 0.238 e. The monoisotopic (exact) mass is 386 g/mol. The summed E-state index contributed by atoms with van der Waals surface area (Å²) in [5.41, 5.74) is 2.05. The van der Waals surface area contributed by atoms with Gasteiger partial charge in [0.1, 0.15) is 0 Å². The zero-order valence-electron chi connectivity index (χ0n) is 12.3. The van der Waals surface area contributed by atoms with Gasteiger partial charge in [-0.15, -0.1) is 0 Å². The first-order valence-corrected chi connectivity index (χ1v) is 8.44. The van der Waals surface area contributed by atoms with Gasteiger partial charge < -0.3 is 5.32 Å². The van der Waals surface area contributed by atoms with Gasteiger partial charge in [0, 0.05) is 15.8 Å². The molecular weight excluding hydrogens is 363 g/mol. The van der Waals surface area contributed by atoms with Gasteiger partial charge in [0.15, 0.2) is 0 Å². The summed E-state index contributed by atoms with van der Waals surface area (Å²) in [5, 5.41) is 3.04. The molecule has 0 heterocycles. The van der Waals surface area contributed by atoms with Gasteiger partial charge in [-0.25, -0.2) is 0 Å². The van der Waals surface area contributed by atoms with Crippen LogP contribution >= 0.6 is 22.6 Å². The van der Waals surface area contributed by atoms with Gasteiger partial charge in [0.25, 0.3) is 0 Å². The Morgan fingerprint density at radius 2 is 2.20 bits per heavy atom. The molecule has 1 aliphatic rings. The highest BCUT2D eigenvalue weighted by atomic mass is 127. The highest BCUT2D eigenvalue weighted by Gasteiger charge is 2.24. The molecule has 110 valence electrons. The van der Waals surface area contributed by atoms with Gasteiger partial charge >= 0.3 is 0 Å². The SMILES string of the molecule is CCCN(CC(=O)Nc1ccc(I)cc1C)CC1CC1. The number of amides is 1. The van der Waals surface area contributed by atoms with E-state index in [1.54, 1.807) is 0 Å². The Labute approximate surface area is 135 Å². The number of benzene rings is 1. The molecule has 0 spiro atoms. The number of anilines is 1. The van der Waals surface area contributed by atoms with Crippen LogP contribution in [-0.4, -0.2) is 30.4 Å². The van der Waals surface area contributed by atoms with Gasteiger partial charge in [-0.1, -0.05) is 6.92 Å². The predicted octanol–water partition coefficient (Wildman–Crippen LogP) is 3.66. The van der Waals surface area contributed by atoms with Gasteiger partial charge in [-0.2, -0.15) is 0 Å². The molecule has 0 unspecified atom stereocenters. The smallest absolute Gasteiger partial charge is 0.238 e. The molecule has 0 radical (unpaired) electrons. The summed E-state index contributed by atoms with van der Waals surface area (Å²) < 4.78 is 1.19. The number of nitrogens with one attached hydrogen (secondary N) is 1. The molecule has 1 aromatic carbocycles. The fourth-order valence-electron chi connectivity index (χ4n) is 2.38. The maximum atomic E-state index is 12.2. The zero-order valence-corrected chi connectivity index (χ0v) is 14.4. The topological polar surface area (TPSA) is 32.3 Å². The number of halogens is 1. The fraction of sp³-hybridized carbons (Fsp3) is 0.562. The van der Waals surface area contributed by atoms with Crippen molar-refractivity contribution in [3.8, 4) is 0 Å². The summed E-state index contributed by atoms with van der Waals surface area (Å²) in [7, 11) is 0. The average Bonchev–Trinajstić information content (AvgIpc) is 3.17. The molecule has 0 saturated heterocycles. The number of carbonyl (C=O) groups excluding carboxylic acids is 1. The van der Waals surface area contributed by atoms with Crippen LogP contribution in [0.3, 0.4) is 0 Å². The summed E-state index contributed by atoms with van der Waals surface area (Å²) in [6, 6.07) is 6.10. The lowest BCUT2D eigenvalue weighted by Gasteiger charge is -2.21. The van der Waals surface area contributed by atoms with Crippen LogP contribution in [0, 0.1) is 16.4 Å². The van der Waals surface area contributed by atoms with E-state index in [-0.39, 0.29) is 5.91 Å². The summed E-state index contributed by atoms with van der Waals surface area (Å²) in [6.07, 6.45) is 3.76. The van der Waals surface area contributed by atoms with Crippen LogP contribution in [0.1, 0.15) is 31.7 Å². The second-order valence-corrected chi connectivity index (χ2v) is 6.93. The molecule has 1 aliphatic carbocycles. The van der Waals surface area contributed by atoms with Crippen LogP contribution in [0.4, 0.5) is 5.69 Å². The van der Waals surface area contributed by atoms with Gasteiger partial charge in [0.2, 0.25) is 5.91 Å². The number of rotatable bonds is 7. The Hall–Kier alpha value is -0.620. The summed E-state index contributed by atoms with van der Waals surface area (Å²) >= 11 is 2.29. The van der Waals surface area contributed by atoms with Crippen molar-refractivity contribution >= 4 is 34.2 Å². The molecular formula is C16H23IN2O. The molecule has 1 fully saturated rings. The second-order valence-electron chi connectivity index (χ2n) is 5.69. The van der Waals surface area contributed by atoms with E-state index in [4.69, 9.17) is 0 Å². The highest BCUT2D eigenvalue weighted by Crippen LogP contribution is 2.29. The number of nitrogens with zero attached hydrogens (tertiary/aromatic N) is 1. The molecule has 0 bridgehead atoms. The van der Waals surface area contributed by atoms with Crippen LogP contribution in [0.2, 0.25) is 0 Å². The van der Waals surface area contributed by atoms with E-state index < -0.39 is 0 Å². The van der Waals surface area contributed by atoms with E-state index in [2.05, 4.69) is 45.8 Å². The molecule has 1 amide bonds. The number of carbonyl (C=O) groups is 1. The first-order chi connectivity index (χ1) is 9.58. The van der Waals surface area contributed by atoms with Crippen LogP contribution in [0.25, 0.3) is 0 Å². The second kappa shape index (κ2) is 7.41. The maximum absolute atomic E-state index is 12.2. The van der Waals surface area contributed by atoms with Crippen molar-refractivity contribution in [2.45, 2.75) is 33.1 Å². The standard InChI is InChI=1S/C16H23IN2O/c1-3-8-19(10-13-4-5-13)11-16(20)18-15-7-6-14(17)9-12(15)2/h6-7,9,13H,3-5,8,10-11H2,1-2H3,(H,18,20). The lowest BCUT2D eigenvalue weighted by molar-refractivity contribution is -0.117. The van der Waals surface area contributed by atoms with Gasteiger partial charge in [-0.3, -0.25) is 9.69 Å². The molecule has 3 nitrogen and oxygen atoms in total. The molecule has 1 saturated carbocycles. The number of aryl methyl sites for hydroxylation is 1. The minimum atomic E-state index is 0.100. The predicted molar refractivity (Wildman–Crippen MR) is 92.0 cm³/mol. The summed E-state index contributed by atoms with van der Waals surface area (Å²) in [5.74, 6) is 0.929. The molecule has 0 atom stereocenters. The van der Waals surface area contributed by atoms with Crippen LogP contribution in [-0.2, 0) is 4.79 Å². The van der Waals surface area contributed by atoms with E-state index in [1.165, 1.54) is 16.4 Å². The van der Waals surface area contributed by atoms with Crippen LogP contribution in [0.15, 0.2) is 18.2 Å². The van der Waals surface area contributed by atoms with Crippen molar-refractivity contribution in [2.24, 2.45) is 5.92 Å². The third kappa shape index (κ3) is 5.05. The lowest BCUT2D eigenvalue weighted by atomic mass is 10.2. The minimum absolute atomic E-state index is 0.100. The van der Waals surface area contributed by atoms with Crippen molar-refractivity contribution in [3.63, 3.8) is 0 Å². The molecule has 4 heteroatoms.